The molecular formula is C16H13F2NO4S2. The molecule has 2 heterocycles. The standard InChI is InChI=1S/C16H13F2NO4S2/c17-12-3-1-4-13(18)15(12)25(21,22)19-10-16(20,11-6-8-24-9-11)14-5-2-7-23-14/h1-9,19-20H,10H2/t16-/m0/s1. The molecule has 0 unspecified atom stereocenters. The zero-order chi connectivity index (χ0) is 18.1. The molecule has 3 aromatic rings. The largest absolute Gasteiger partial charge is 0.466 e. The van der Waals surface area contributed by atoms with Gasteiger partial charge in [0.25, 0.3) is 0 Å². The molecule has 0 saturated carbocycles. The Morgan fingerprint density at radius 3 is 2.44 bits per heavy atom. The smallest absolute Gasteiger partial charge is 0.246 e. The summed E-state index contributed by atoms with van der Waals surface area (Å²) >= 11 is 1.30. The van der Waals surface area contributed by atoms with Crippen molar-refractivity contribution in [3.05, 3.63) is 76.4 Å². The predicted octanol–water partition coefficient (Wildman–Crippen LogP) is 2.83. The maximum Gasteiger partial charge on any atom is 0.246 e. The number of furan rings is 1. The van der Waals surface area contributed by atoms with Crippen LogP contribution in [0.2, 0.25) is 0 Å². The second-order valence-electron chi connectivity index (χ2n) is 5.22. The number of thiophene rings is 1. The Hall–Kier alpha value is -2.07. The molecule has 0 fully saturated rings. The molecule has 3 rings (SSSR count). The highest BCUT2D eigenvalue weighted by molar-refractivity contribution is 7.89. The highest BCUT2D eigenvalue weighted by Gasteiger charge is 2.37. The van der Waals surface area contributed by atoms with Crippen molar-refractivity contribution in [1.29, 1.82) is 0 Å². The summed E-state index contributed by atoms with van der Waals surface area (Å²) in [5.74, 6) is -2.34. The first-order valence-electron chi connectivity index (χ1n) is 7.07. The molecule has 132 valence electrons. The average Bonchev–Trinajstić information content (AvgIpc) is 3.26. The van der Waals surface area contributed by atoms with Crippen molar-refractivity contribution in [1.82, 2.24) is 4.72 Å². The molecule has 0 amide bonds. The first-order valence-corrected chi connectivity index (χ1v) is 9.50. The van der Waals surface area contributed by atoms with E-state index in [0.717, 1.165) is 18.2 Å². The van der Waals surface area contributed by atoms with E-state index < -0.39 is 38.7 Å². The van der Waals surface area contributed by atoms with Gasteiger partial charge in [-0.05, 0) is 41.1 Å². The van der Waals surface area contributed by atoms with Crippen LogP contribution in [0.15, 0.2) is 62.7 Å². The van der Waals surface area contributed by atoms with Crippen LogP contribution in [0.4, 0.5) is 8.78 Å². The number of hydrogen-bond donors (Lipinski definition) is 2. The van der Waals surface area contributed by atoms with Crippen molar-refractivity contribution >= 4 is 21.4 Å². The number of halogens is 2. The number of nitrogens with one attached hydrogen (secondary N) is 1. The molecule has 25 heavy (non-hydrogen) atoms. The Kier molecular flexibility index (Phi) is 4.74. The van der Waals surface area contributed by atoms with Gasteiger partial charge in [0.15, 0.2) is 10.5 Å². The molecule has 0 aliphatic heterocycles. The van der Waals surface area contributed by atoms with Gasteiger partial charge in [-0.15, -0.1) is 0 Å². The lowest BCUT2D eigenvalue weighted by Gasteiger charge is -2.25. The fourth-order valence-corrected chi connectivity index (χ4v) is 4.27. The van der Waals surface area contributed by atoms with E-state index in [1.54, 1.807) is 16.8 Å². The molecule has 5 nitrogen and oxygen atoms in total. The van der Waals surface area contributed by atoms with Crippen LogP contribution in [-0.4, -0.2) is 20.1 Å². The lowest BCUT2D eigenvalue weighted by molar-refractivity contribution is 0.0623. The van der Waals surface area contributed by atoms with Gasteiger partial charge in [-0.3, -0.25) is 0 Å². The van der Waals surface area contributed by atoms with Crippen molar-refractivity contribution in [3.8, 4) is 0 Å². The van der Waals surface area contributed by atoms with Gasteiger partial charge in [-0.2, -0.15) is 11.3 Å². The van der Waals surface area contributed by atoms with Crippen molar-refractivity contribution in [2.45, 2.75) is 10.5 Å². The minimum atomic E-state index is -4.54. The van der Waals surface area contributed by atoms with Crippen LogP contribution in [0.5, 0.6) is 0 Å². The van der Waals surface area contributed by atoms with E-state index in [1.165, 1.54) is 29.7 Å². The first-order chi connectivity index (χ1) is 11.8. The van der Waals surface area contributed by atoms with E-state index in [-0.39, 0.29) is 5.76 Å². The molecule has 0 aliphatic carbocycles. The van der Waals surface area contributed by atoms with Crippen LogP contribution in [-0.2, 0) is 15.6 Å². The molecule has 0 spiro atoms. The molecule has 0 bridgehead atoms. The van der Waals surface area contributed by atoms with E-state index in [9.17, 15) is 22.3 Å². The molecule has 0 aliphatic rings. The zero-order valence-electron chi connectivity index (χ0n) is 12.6. The number of sulfonamides is 1. The van der Waals surface area contributed by atoms with Gasteiger partial charge in [0.1, 0.15) is 17.4 Å². The van der Waals surface area contributed by atoms with E-state index in [0.29, 0.717) is 5.56 Å². The first kappa shape index (κ1) is 17.7. The third kappa shape index (κ3) is 3.36. The topological polar surface area (TPSA) is 79.5 Å². The lowest BCUT2D eigenvalue weighted by Crippen LogP contribution is -2.41. The second kappa shape index (κ2) is 6.68. The summed E-state index contributed by atoms with van der Waals surface area (Å²) in [4.78, 5) is -1.10. The molecule has 9 heteroatoms. The van der Waals surface area contributed by atoms with Gasteiger partial charge in [0.2, 0.25) is 10.0 Å². The third-order valence-electron chi connectivity index (χ3n) is 3.63. The molecular weight excluding hydrogens is 372 g/mol. The van der Waals surface area contributed by atoms with E-state index in [4.69, 9.17) is 4.42 Å². The van der Waals surface area contributed by atoms with E-state index >= 15 is 0 Å². The fraction of sp³-hybridized carbons (Fsp3) is 0.125. The lowest BCUT2D eigenvalue weighted by atomic mass is 9.94. The number of hydrogen-bond acceptors (Lipinski definition) is 5. The van der Waals surface area contributed by atoms with Crippen molar-refractivity contribution in [2.24, 2.45) is 0 Å². The van der Waals surface area contributed by atoms with Gasteiger partial charge in [-0.1, -0.05) is 6.07 Å². The maximum atomic E-state index is 13.8. The van der Waals surface area contributed by atoms with Crippen LogP contribution in [0.3, 0.4) is 0 Å². The Bertz CT molecular complexity index is 900. The summed E-state index contributed by atoms with van der Waals surface area (Å²) in [5.41, 5.74) is -1.43. The minimum Gasteiger partial charge on any atom is -0.466 e. The SMILES string of the molecule is O=S(=O)(NC[C@](O)(c1ccsc1)c1ccco1)c1c(F)cccc1F. The predicted molar refractivity (Wildman–Crippen MR) is 87.6 cm³/mol. The summed E-state index contributed by atoms with van der Waals surface area (Å²) in [5, 5.41) is 14.3. The number of benzene rings is 1. The average molecular weight is 385 g/mol. The molecule has 2 N–H and O–H groups in total. The van der Waals surface area contributed by atoms with Gasteiger partial charge in [0, 0.05) is 5.56 Å². The molecule has 0 radical (unpaired) electrons. The van der Waals surface area contributed by atoms with Gasteiger partial charge in [-0.25, -0.2) is 21.9 Å². The second-order valence-corrected chi connectivity index (χ2v) is 7.71. The number of rotatable bonds is 6. The fourth-order valence-electron chi connectivity index (χ4n) is 2.36. The summed E-state index contributed by atoms with van der Waals surface area (Å²) in [6.07, 6.45) is 1.33. The third-order valence-corrected chi connectivity index (χ3v) is 5.77. The monoisotopic (exact) mass is 385 g/mol. The Balaban J connectivity index is 1.95. The van der Waals surface area contributed by atoms with Gasteiger partial charge in [0.05, 0.1) is 12.8 Å². The molecule has 0 saturated heterocycles. The molecule has 1 aromatic carbocycles. The van der Waals surface area contributed by atoms with Gasteiger partial charge < -0.3 is 9.52 Å². The highest BCUT2D eigenvalue weighted by Crippen LogP contribution is 2.31. The zero-order valence-corrected chi connectivity index (χ0v) is 14.3. The Labute approximate surface area is 146 Å². The van der Waals surface area contributed by atoms with E-state index in [2.05, 4.69) is 4.72 Å². The van der Waals surface area contributed by atoms with Crippen molar-refractivity contribution < 1.29 is 26.7 Å². The summed E-state index contributed by atoms with van der Waals surface area (Å²) in [6.45, 7) is -0.562. The quantitative estimate of drug-likeness (QED) is 0.684. The molecule has 1 atom stereocenters. The highest BCUT2D eigenvalue weighted by atomic mass is 32.2. The van der Waals surface area contributed by atoms with Crippen LogP contribution >= 0.6 is 11.3 Å². The minimum absolute atomic E-state index is 0.0996. The Morgan fingerprint density at radius 2 is 1.88 bits per heavy atom. The molecule has 2 aromatic heterocycles. The maximum absolute atomic E-state index is 13.8. The van der Waals surface area contributed by atoms with Gasteiger partial charge >= 0.3 is 0 Å². The summed E-state index contributed by atoms with van der Waals surface area (Å²) in [7, 11) is -4.54. The normalized spacial score (nSPS) is 14.4. The number of aliphatic hydroxyl groups is 1. The van der Waals surface area contributed by atoms with Crippen LogP contribution in [0, 0.1) is 11.6 Å². The Morgan fingerprint density at radius 1 is 1.16 bits per heavy atom. The van der Waals surface area contributed by atoms with Crippen LogP contribution in [0.25, 0.3) is 0 Å². The van der Waals surface area contributed by atoms with E-state index in [1.807, 2.05) is 0 Å². The van der Waals surface area contributed by atoms with Crippen molar-refractivity contribution in [3.63, 3.8) is 0 Å². The van der Waals surface area contributed by atoms with Crippen LogP contribution < -0.4 is 4.72 Å². The summed E-state index contributed by atoms with van der Waals surface area (Å²) < 4.78 is 59.5. The van der Waals surface area contributed by atoms with Crippen LogP contribution in [0.1, 0.15) is 11.3 Å². The summed E-state index contributed by atoms with van der Waals surface area (Å²) in [6, 6.07) is 7.37. The van der Waals surface area contributed by atoms with Crippen molar-refractivity contribution in [2.75, 3.05) is 6.54 Å².